The van der Waals surface area contributed by atoms with Gasteiger partial charge in [0.2, 0.25) is 0 Å². The lowest BCUT2D eigenvalue weighted by molar-refractivity contribution is -0.120. The van der Waals surface area contributed by atoms with Gasteiger partial charge >= 0.3 is 6.03 Å². The van der Waals surface area contributed by atoms with Gasteiger partial charge in [0.1, 0.15) is 6.04 Å². The van der Waals surface area contributed by atoms with Crippen LogP contribution in [0.5, 0.6) is 0 Å². The van der Waals surface area contributed by atoms with Crippen LogP contribution in [0.2, 0.25) is 0 Å². The molecule has 5 nitrogen and oxygen atoms in total. The molecule has 0 aromatic rings. The average molecular weight is 158 g/mol. The van der Waals surface area contributed by atoms with Gasteiger partial charge in [-0.15, -0.1) is 0 Å². The van der Waals surface area contributed by atoms with Gasteiger partial charge in [-0.3, -0.25) is 10.1 Å². The van der Waals surface area contributed by atoms with Crippen molar-refractivity contribution in [3.8, 4) is 0 Å². The van der Waals surface area contributed by atoms with Crippen LogP contribution >= 0.6 is 0 Å². The third-order valence-electron chi connectivity index (χ3n) is 1.47. The van der Waals surface area contributed by atoms with Crippen LogP contribution in [-0.2, 0) is 9.53 Å². The summed E-state index contributed by atoms with van der Waals surface area (Å²) in [5.74, 6) is -0.271. The van der Waals surface area contributed by atoms with E-state index in [0.717, 1.165) is 0 Å². The number of hydrogen-bond donors (Lipinski definition) is 2. The number of urea groups is 1. The van der Waals surface area contributed by atoms with Gasteiger partial charge in [-0.25, -0.2) is 4.79 Å². The fourth-order valence-corrected chi connectivity index (χ4v) is 0.898. The molecule has 1 saturated heterocycles. The van der Waals surface area contributed by atoms with E-state index in [4.69, 9.17) is 4.74 Å². The smallest absolute Gasteiger partial charge is 0.322 e. The molecular formula is C6H10N2O3. The fraction of sp³-hybridized carbons (Fsp3) is 0.667. The molecule has 1 aliphatic heterocycles. The van der Waals surface area contributed by atoms with Crippen molar-refractivity contribution < 1.29 is 14.3 Å². The van der Waals surface area contributed by atoms with E-state index in [1.54, 1.807) is 7.11 Å². The van der Waals surface area contributed by atoms with Crippen LogP contribution in [0.3, 0.4) is 0 Å². The Balaban J connectivity index is 2.34. The minimum atomic E-state index is -0.420. The first-order chi connectivity index (χ1) is 5.24. The number of rotatable bonds is 3. The second-order valence-corrected chi connectivity index (χ2v) is 2.30. The van der Waals surface area contributed by atoms with Gasteiger partial charge in [-0.2, -0.15) is 0 Å². The standard InChI is InChI=1S/C6H10N2O3/c1-11-3-2-4-5(9)8-6(10)7-4/h4H,2-3H2,1H3,(H2,7,8,9,10). The molecule has 1 fully saturated rings. The van der Waals surface area contributed by atoms with Crippen molar-refractivity contribution in [1.29, 1.82) is 0 Å². The maximum atomic E-state index is 10.8. The lowest BCUT2D eigenvalue weighted by Gasteiger charge is -2.04. The molecule has 5 heteroatoms. The molecule has 1 unspecified atom stereocenters. The number of hydrogen-bond acceptors (Lipinski definition) is 3. The number of carbonyl (C=O) groups is 2. The van der Waals surface area contributed by atoms with Crippen LogP contribution in [0.4, 0.5) is 4.79 Å². The van der Waals surface area contributed by atoms with Gasteiger partial charge in [-0.1, -0.05) is 0 Å². The van der Waals surface area contributed by atoms with Gasteiger partial charge < -0.3 is 10.1 Å². The average Bonchev–Trinajstić information content (AvgIpc) is 2.26. The maximum Gasteiger partial charge on any atom is 0.322 e. The molecule has 1 aliphatic rings. The summed E-state index contributed by atoms with van der Waals surface area (Å²) in [5.41, 5.74) is 0. The van der Waals surface area contributed by atoms with Gasteiger partial charge in [0, 0.05) is 20.1 Å². The zero-order chi connectivity index (χ0) is 8.27. The lowest BCUT2D eigenvalue weighted by Crippen LogP contribution is -2.29. The summed E-state index contributed by atoms with van der Waals surface area (Å²) in [5, 5.41) is 4.59. The van der Waals surface area contributed by atoms with Crippen molar-refractivity contribution >= 4 is 11.9 Å². The molecule has 0 aliphatic carbocycles. The minimum absolute atomic E-state index is 0.271. The van der Waals surface area contributed by atoms with E-state index in [9.17, 15) is 9.59 Å². The minimum Gasteiger partial charge on any atom is -0.385 e. The van der Waals surface area contributed by atoms with Crippen LogP contribution in [0.15, 0.2) is 0 Å². The van der Waals surface area contributed by atoms with Crippen molar-refractivity contribution in [3.05, 3.63) is 0 Å². The van der Waals surface area contributed by atoms with Gasteiger partial charge in [-0.05, 0) is 0 Å². The third-order valence-corrected chi connectivity index (χ3v) is 1.47. The first-order valence-electron chi connectivity index (χ1n) is 3.34. The largest absolute Gasteiger partial charge is 0.385 e. The molecule has 3 amide bonds. The van der Waals surface area contributed by atoms with Crippen LogP contribution in [0.1, 0.15) is 6.42 Å². The highest BCUT2D eigenvalue weighted by molar-refractivity contribution is 6.04. The van der Waals surface area contributed by atoms with Crippen LogP contribution in [0.25, 0.3) is 0 Å². The Morgan fingerprint density at radius 2 is 2.27 bits per heavy atom. The third kappa shape index (κ3) is 1.91. The summed E-state index contributed by atoms with van der Waals surface area (Å²) in [6.07, 6.45) is 0.522. The Morgan fingerprint density at radius 3 is 2.73 bits per heavy atom. The van der Waals surface area contributed by atoms with Crippen molar-refractivity contribution in [2.75, 3.05) is 13.7 Å². The Bertz CT molecular complexity index is 181. The zero-order valence-corrected chi connectivity index (χ0v) is 6.22. The molecule has 1 rings (SSSR count). The number of amides is 3. The fourth-order valence-electron chi connectivity index (χ4n) is 0.898. The molecule has 0 saturated carbocycles. The lowest BCUT2D eigenvalue weighted by atomic mass is 10.2. The summed E-state index contributed by atoms with van der Waals surface area (Å²) in [6, 6.07) is -0.835. The molecule has 0 aromatic carbocycles. The topological polar surface area (TPSA) is 67.4 Å². The van der Waals surface area contributed by atoms with Crippen LogP contribution < -0.4 is 10.6 Å². The molecule has 2 N–H and O–H groups in total. The molecule has 1 atom stereocenters. The normalized spacial score (nSPS) is 23.2. The highest BCUT2D eigenvalue weighted by atomic mass is 16.5. The van der Waals surface area contributed by atoms with Gasteiger partial charge in [0.15, 0.2) is 0 Å². The zero-order valence-electron chi connectivity index (χ0n) is 6.22. The second-order valence-electron chi connectivity index (χ2n) is 2.30. The molecule has 0 bridgehead atoms. The Morgan fingerprint density at radius 1 is 1.55 bits per heavy atom. The number of methoxy groups -OCH3 is 1. The van der Waals surface area contributed by atoms with Crippen molar-refractivity contribution in [2.24, 2.45) is 0 Å². The number of ether oxygens (including phenoxy) is 1. The Hall–Kier alpha value is -1.10. The summed E-state index contributed by atoms with van der Waals surface area (Å²) in [6.45, 7) is 0.471. The monoisotopic (exact) mass is 158 g/mol. The molecule has 62 valence electrons. The van der Waals surface area contributed by atoms with Gasteiger partial charge in [0.25, 0.3) is 5.91 Å². The quantitative estimate of drug-likeness (QED) is 0.530. The number of carbonyl (C=O) groups excluding carboxylic acids is 2. The first kappa shape index (κ1) is 8.00. The van der Waals surface area contributed by atoms with E-state index in [-0.39, 0.29) is 5.91 Å². The molecule has 0 spiro atoms. The molecule has 0 radical (unpaired) electrons. The number of nitrogens with one attached hydrogen (secondary N) is 2. The van der Waals surface area contributed by atoms with E-state index in [0.29, 0.717) is 13.0 Å². The summed E-state index contributed by atoms with van der Waals surface area (Å²) < 4.78 is 4.76. The van der Waals surface area contributed by atoms with Crippen LogP contribution in [0, 0.1) is 0 Å². The molecule has 0 aromatic heterocycles. The maximum absolute atomic E-state index is 10.8. The summed E-state index contributed by atoms with van der Waals surface area (Å²) in [4.78, 5) is 21.4. The van der Waals surface area contributed by atoms with E-state index in [1.807, 2.05) is 0 Å². The highest BCUT2D eigenvalue weighted by Gasteiger charge is 2.28. The molecule has 11 heavy (non-hydrogen) atoms. The van der Waals surface area contributed by atoms with Crippen molar-refractivity contribution in [1.82, 2.24) is 10.6 Å². The summed E-state index contributed by atoms with van der Waals surface area (Å²) >= 11 is 0. The van der Waals surface area contributed by atoms with Gasteiger partial charge in [0.05, 0.1) is 0 Å². The van der Waals surface area contributed by atoms with Crippen molar-refractivity contribution in [3.63, 3.8) is 0 Å². The van der Waals surface area contributed by atoms with Crippen molar-refractivity contribution in [2.45, 2.75) is 12.5 Å². The van der Waals surface area contributed by atoms with E-state index >= 15 is 0 Å². The van der Waals surface area contributed by atoms with E-state index in [1.165, 1.54) is 0 Å². The Kier molecular flexibility index (Phi) is 2.43. The summed E-state index contributed by atoms with van der Waals surface area (Å²) in [7, 11) is 1.55. The highest BCUT2D eigenvalue weighted by Crippen LogP contribution is 1.97. The predicted octanol–water partition coefficient (Wildman–Crippen LogP) is -0.769. The predicted molar refractivity (Wildman–Crippen MR) is 37.0 cm³/mol. The second kappa shape index (κ2) is 3.34. The first-order valence-corrected chi connectivity index (χ1v) is 3.34. The van der Waals surface area contributed by atoms with Crippen LogP contribution in [-0.4, -0.2) is 31.7 Å². The Labute approximate surface area is 64.1 Å². The van der Waals surface area contributed by atoms with E-state index < -0.39 is 12.1 Å². The molecular weight excluding hydrogens is 148 g/mol. The molecule has 1 heterocycles. The SMILES string of the molecule is COCCC1NC(=O)NC1=O. The number of imide groups is 1. The van der Waals surface area contributed by atoms with E-state index in [2.05, 4.69) is 10.6 Å².